The zero-order valence-electron chi connectivity index (χ0n) is 13.7. The maximum absolute atomic E-state index is 13.2. The third-order valence-corrected chi connectivity index (χ3v) is 3.45. The standard InChI is InChI=1S/C15H21F2N5O/c1-10(2)7-22-9-12(13(19-22)14(16)17)15(23)20(3)8-11-5-6-18-21(11)4/h5-6,9-10,14H,7-8H2,1-4H3. The van der Waals surface area contributed by atoms with E-state index in [-0.39, 0.29) is 18.0 Å². The molecule has 0 unspecified atom stereocenters. The number of rotatable bonds is 6. The summed E-state index contributed by atoms with van der Waals surface area (Å²) in [5.74, 6) is -0.230. The van der Waals surface area contributed by atoms with Crippen LogP contribution >= 0.6 is 0 Å². The molecule has 0 saturated carbocycles. The maximum atomic E-state index is 13.2. The average Bonchev–Trinajstić information content (AvgIpc) is 3.04. The van der Waals surface area contributed by atoms with E-state index < -0.39 is 18.0 Å². The van der Waals surface area contributed by atoms with Crippen LogP contribution in [0.2, 0.25) is 0 Å². The van der Waals surface area contributed by atoms with Gasteiger partial charge in [0.25, 0.3) is 12.3 Å². The Kier molecular flexibility index (Phi) is 5.12. The number of carbonyl (C=O) groups is 1. The smallest absolute Gasteiger partial charge is 0.282 e. The highest BCUT2D eigenvalue weighted by Gasteiger charge is 2.26. The van der Waals surface area contributed by atoms with E-state index in [2.05, 4.69) is 10.2 Å². The second-order valence-electron chi connectivity index (χ2n) is 5.95. The molecule has 126 valence electrons. The first-order chi connectivity index (χ1) is 10.8. The van der Waals surface area contributed by atoms with Crippen molar-refractivity contribution in [3.63, 3.8) is 0 Å². The predicted molar refractivity (Wildman–Crippen MR) is 81.0 cm³/mol. The van der Waals surface area contributed by atoms with E-state index in [1.807, 2.05) is 13.8 Å². The molecular weight excluding hydrogens is 304 g/mol. The van der Waals surface area contributed by atoms with Crippen molar-refractivity contribution in [2.75, 3.05) is 7.05 Å². The summed E-state index contributed by atoms with van der Waals surface area (Å²) in [6.45, 7) is 4.69. The summed E-state index contributed by atoms with van der Waals surface area (Å²) in [6, 6.07) is 1.78. The molecule has 8 heteroatoms. The number of carbonyl (C=O) groups excluding carboxylic acids is 1. The molecule has 23 heavy (non-hydrogen) atoms. The number of aryl methyl sites for hydroxylation is 1. The molecule has 2 rings (SSSR count). The quantitative estimate of drug-likeness (QED) is 0.820. The Morgan fingerprint density at radius 2 is 2.09 bits per heavy atom. The lowest BCUT2D eigenvalue weighted by molar-refractivity contribution is 0.0769. The molecule has 2 aromatic rings. The molecule has 1 amide bonds. The van der Waals surface area contributed by atoms with Crippen molar-refractivity contribution in [3.8, 4) is 0 Å². The summed E-state index contributed by atoms with van der Waals surface area (Å²) < 4.78 is 29.4. The van der Waals surface area contributed by atoms with Gasteiger partial charge in [-0.05, 0) is 12.0 Å². The van der Waals surface area contributed by atoms with E-state index in [4.69, 9.17) is 0 Å². The van der Waals surface area contributed by atoms with Crippen LogP contribution in [0, 0.1) is 5.92 Å². The number of hydrogen-bond acceptors (Lipinski definition) is 3. The molecule has 0 radical (unpaired) electrons. The van der Waals surface area contributed by atoms with Crippen LogP contribution in [0.3, 0.4) is 0 Å². The SMILES string of the molecule is CC(C)Cn1cc(C(=O)N(C)Cc2ccnn2C)c(C(F)F)n1. The van der Waals surface area contributed by atoms with Crippen molar-refractivity contribution < 1.29 is 13.6 Å². The van der Waals surface area contributed by atoms with E-state index >= 15 is 0 Å². The van der Waals surface area contributed by atoms with Crippen molar-refractivity contribution in [1.29, 1.82) is 0 Å². The summed E-state index contributed by atoms with van der Waals surface area (Å²) in [5.41, 5.74) is 0.298. The second-order valence-corrected chi connectivity index (χ2v) is 5.95. The van der Waals surface area contributed by atoms with Gasteiger partial charge in [0.05, 0.1) is 17.8 Å². The maximum Gasteiger partial charge on any atom is 0.282 e. The normalized spacial score (nSPS) is 11.5. The minimum atomic E-state index is -2.78. The van der Waals surface area contributed by atoms with Crippen LogP contribution in [0.4, 0.5) is 8.78 Å². The van der Waals surface area contributed by atoms with Crippen LogP contribution < -0.4 is 0 Å². The molecule has 0 N–H and O–H groups in total. The summed E-state index contributed by atoms with van der Waals surface area (Å²) in [4.78, 5) is 13.9. The number of aromatic nitrogens is 4. The number of nitrogens with zero attached hydrogens (tertiary/aromatic N) is 5. The Bertz CT molecular complexity index is 677. The highest BCUT2D eigenvalue weighted by Crippen LogP contribution is 2.23. The third-order valence-electron chi connectivity index (χ3n) is 3.45. The number of hydrogen-bond donors (Lipinski definition) is 0. The minimum absolute atomic E-state index is 0.0506. The first-order valence-corrected chi connectivity index (χ1v) is 7.37. The van der Waals surface area contributed by atoms with Gasteiger partial charge in [-0.1, -0.05) is 13.8 Å². The van der Waals surface area contributed by atoms with Crippen LogP contribution in [-0.2, 0) is 20.1 Å². The molecule has 0 saturated heterocycles. The van der Waals surface area contributed by atoms with Gasteiger partial charge in [0.15, 0.2) is 0 Å². The number of halogens is 2. The summed E-state index contributed by atoms with van der Waals surface area (Å²) in [7, 11) is 3.34. The van der Waals surface area contributed by atoms with Gasteiger partial charge in [0.1, 0.15) is 5.69 Å². The second kappa shape index (κ2) is 6.89. The van der Waals surface area contributed by atoms with Gasteiger partial charge in [0.2, 0.25) is 0 Å². The van der Waals surface area contributed by atoms with E-state index in [0.29, 0.717) is 6.54 Å². The molecule has 0 bridgehead atoms. The topological polar surface area (TPSA) is 56.0 Å². The number of amides is 1. The molecule has 0 aliphatic heterocycles. The zero-order valence-corrected chi connectivity index (χ0v) is 13.7. The molecule has 2 aromatic heterocycles. The van der Waals surface area contributed by atoms with Crippen LogP contribution in [0.15, 0.2) is 18.5 Å². The first kappa shape index (κ1) is 17.1. The van der Waals surface area contributed by atoms with Gasteiger partial charge in [-0.15, -0.1) is 0 Å². The molecule has 0 spiro atoms. The van der Waals surface area contributed by atoms with Crippen molar-refractivity contribution in [2.45, 2.75) is 33.4 Å². The van der Waals surface area contributed by atoms with Gasteiger partial charge in [-0.3, -0.25) is 14.2 Å². The summed E-state index contributed by atoms with van der Waals surface area (Å²) in [5, 5.41) is 7.90. The lowest BCUT2D eigenvalue weighted by Gasteiger charge is -2.17. The first-order valence-electron chi connectivity index (χ1n) is 7.37. The van der Waals surface area contributed by atoms with E-state index in [1.54, 1.807) is 31.0 Å². The van der Waals surface area contributed by atoms with Crippen molar-refractivity contribution in [1.82, 2.24) is 24.5 Å². The van der Waals surface area contributed by atoms with Crippen LogP contribution in [0.25, 0.3) is 0 Å². The average molecular weight is 325 g/mol. The lowest BCUT2D eigenvalue weighted by atomic mass is 10.2. The zero-order chi connectivity index (χ0) is 17.1. The summed E-state index contributed by atoms with van der Waals surface area (Å²) in [6.07, 6.45) is 0.245. The van der Waals surface area contributed by atoms with Gasteiger partial charge in [-0.25, -0.2) is 8.78 Å². The van der Waals surface area contributed by atoms with Crippen molar-refractivity contribution in [3.05, 3.63) is 35.4 Å². The van der Waals surface area contributed by atoms with Crippen molar-refractivity contribution >= 4 is 5.91 Å². The van der Waals surface area contributed by atoms with Gasteiger partial charge >= 0.3 is 0 Å². The summed E-state index contributed by atoms with van der Waals surface area (Å²) >= 11 is 0. The van der Waals surface area contributed by atoms with Crippen molar-refractivity contribution in [2.24, 2.45) is 13.0 Å². The molecule has 0 aromatic carbocycles. The van der Waals surface area contributed by atoms with Gasteiger partial charge in [-0.2, -0.15) is 10.2 Å². The highest BCUT2D eigenvalue weighted by molar-refractivity contribution is 5.95. The Morgan fingerprint density at radius 3 is 2.61 bits per heavy atom. The molecule has 0 fully saturated rings. The number of alkyl halides is 2. The molecule has 2 heterocycles. The monoisotopic (exact) mass is 325 g/mol. The Hall–Kier alpha value is -2.25. The molecular formula is C15H21F2N5O. The van der Waals surface area contributed by atoms with Crippen LogP contribution in [0.1, 0.15) is 42.0 Å². The fraction of sp³-hybridized carbons (Fsp3) is 0.533. The van der Waals surface area contributed by atoms with Crippen LogP contribution in [0.5, 0.6) is 0 Å². The lowest BCUT2D eigenvalue weighted by Crippen LogP contribution is -2.27. The minimum Gasteiger partial charge on any atom is -0.336 e. The van der Waals surface area contributed by atoms with E-state index in [9.17, 15) is 13.6 Å². The largest absolute Gasteiger partial charge is 0.336 e. The van der Waals surface area contributed by atoms with E-state index in [1.165, 1.54) is 15.8 Å². The van der Waals surface area contributed by atoms with E-state index in [0.717, 1.165) is 5.69 Å². The molecule has 0 aliphatic carbocycles. The molecule has 0 atom stereocenters. The Labute approximate surface area is 133 Å². The van der Waals surface area contributed by atoms with Crippen LogP contribution in [-0.4, -0.2) is 37.4 Å². The predicted octanol–water partition coefficient (Wildman–Crippen LogP) is 2.48. The fourth-order valence-electron chi connectivity index (χ4n) is 2.31. The molecule has 0 aliphatic rings. The Morgan fingerprint density at radius 1 is 1.39 bits per heavy atom. The third kappa shape index (κ3) is 3.94. The van der Waals surface area contributed by atoms with Gasteiger partial charge < -0.3 is 4.90 Å². The fourth-order valence-corrected chi connectivity index (χ4v) is 2.31. The Balaban J connectivity index is 2.23. The van der Waals surface area contributed by atoms with Gasteiger partial charge in [0, 0.05) is 33.0 Å². The highest BCUT2D eigenvalue weighted by atomic mass is 19.3. The molecule has 6 nitrogen and oxygen atoms in total.